The van der Waals surface area contributed by atoms with E-state index in [-0.39, 0.29) is 12.5 Å². The molecule has 0 radical (unpaired) electrons. The predicted molar refractivity (Wildman–Crippen MR) is 91.7 cm³/mol. The molecule has 24 heavy (non-hydrogen) atoms. The van der Waals surface area contributed by atoms with Gasteiger partial charge < -0.3 is 19.9 Å². The van der Waals surface area contributed by atoms with Gasteiger partial charge in [-0.2, -0.15) is 0 Å². The molecule has 0 aliphatic heterocycles. The van der Waals surface area contributed by atoms with Crippen molar-refractivity contribution in [3.8, 4) is 11.5 Å². The summed E-state index contributed by atoms with van der Waals surface area (Å²) in [5.74, 6) is 0.314. The fourth-order valence-corrected chi connectivity index (χ4v) is 1.88. The summed E-state index contributed by atoms with van der Waals surface area (Å²) in [6, 6.07) is 4.99. The molecule has 0 aliphatic rings. The van der Waals surface area contributed by atoms with Crippen molar-refractivity contribution >= 4 is 11.9 Å². The van der Waals surface area contributed by atoms with Crippen LogP contribution in [0.2, 0.25) is 0 Å². The number of methoxy groups -OCH3 is 1. The van der Waals surface area contributed by atoms with E-state index < -0.39 is 11.4 Å². The van der Waals surface area contributed by atoms with E-state index in [1.807, 2.05) is 13.8 Å². The standard InChI is InChI=1S/C18H27NO5/c1-12(2)11-24-14-7-6-13(10-15(14)23-5)16(20)19-9-8-18(3,4)17(21)22/h6-7,10,12H,8-9,11H2,1-5H3,(H,19,20)(H,21,22). The molecule has 0 aliphatic carbocycles. The van der Waals surface area contributed by atoms with Crippen molar-refractivity contribution in [1.82, 2.24) is 5.32 Å². The van der Waals surface area contributed by atoms with E-state index in [1.54, 1.807) is 32.0 Å². The number of carbonyl (C=O) groups excluding carboxylic acids is 1. The molecule has 0 spiro atoms. The number of carbonyl (C=O) groups is 2. The highest BCUT2D eigenvalue weighted by molar-refractivity contribution is 5.94. The minimum Gasteiger partial charge on any atom is -0.493 e. The van der Waals surface area contributed by atoms with Gasteiger partial charge in [-0.1, -0.05) is 13.8 Å². The Hall–Kier alpha value is -2.24. The van der Waals surface area contributed by atoms with Crippen molar-refractivity contribution in [3.05, 3.63) is 23.8 Å². The first-order chi connectivity index (χ1) is 11.2. The van der Waals surface area contributed by atoms with Gasteiger partial charge in [0.1, 0.15) is 0 Å². The Balaban J connectivity index is 2.69. The molecule has 0 bridgehead atoms. The highest BCUT2D eigenvalue weighted by Gasteiger charge is 2.26. The van der Waals surface area contributed by atoms with Crippen LogP contribution in [0.1, 0.15) is 44.5 Å². The van der Waals surface area contributed by atoms with E-state index in [4.69, 9.17) is 14.6 Å². The number of nitrogens with one attached hydrogen (secondary N) is 1. The van der Waals surface area contributed by atoms with Gasteiger partial charge in [-0.15, -0.1) is 0 Å². The molecule has 134 valence electrons. The van der Waals surface area contributed by atoms with E-state index in [9.17, 15) is 9.59 Å². The lowest BCUT2D eigenvalue weighted by atomic mass is 9.90. The Morgan fingerprint density at radius 3 is 2.46 bits per heavy atom. The second-order valence-corrected chi connectivity index (χ2v) is 6.77. The van der Waals surface area contributed by atoms with Gasteiger partial charge in [0.2, 0.25) is 0 Å². The molecular formula is C18H27NO5. The third-order valence-electron chi connectivity index (χ3n) is 3.61. The Bertz CT molecular complexity index is 581. The number of carboxylic acid groups (broad SMARTS) is 1. The molecule has 6 heteroatoms. The lowest BCUT2D eigenvalue weighted by molar-refractivity contribution is -0.147. The monoisotopic (exact) mass is 337 g/mol. The topological polar surface area (TPSA) is 84.9 Å². The summed E-state index contributed by atoms with van der Waals surface area (Å²) in [4.78, 5) is 23.2. The molecule has 6 nitrogen and oxygen atoms in total. The number of ether oxygens (including phenoxy) is 2. The number of rotatable bonds is 9. The van der Waals surface area contributed by atoms with Crippen molar-refractivity contribution in [2.45, 2.75) is 34.1 Å². The van der Waals surface area contributed by atoms with Crippen LogP contribution in [0.25, 0.3) is 0 Å². The zero-order valence-corrected chi connectivity index (χ0v) is 15.0. The zero-order valence-electron chi connectivity index (χ0n) is 15.0. The second-order valence-electron chi connectivity index (χ2n) is 6.77. The Morgan fingerprint density at radius 1 is 1.25 bits per heavy atom. The van der Waals surface area contributed by atoms with E-state index in [1.165, 1.54) is 7.11 Å². The molecule has 0 heterocycles. The van der Waals surface area contributed by atoms with Crippen molar-refractivity contribution in [2.24, 2.45) is 11.3 Å². The molecule has 0 saturated heterocycles. The first-order valence-corrected chi connectivity index (χ1v) is 8.00. The largest absolute Gasteiger partial charge is 0.493 e. The SMILES string of the molecule is COc1cc(C(=O)NCCC(C)(C)C(=O)O)ccc1OCC(C)C. The van der Waals surface area contributed by atoms with Gasteiger partial charge in [-0.3, -0.25) is 9.59 Å². The maximum Gasteiger partial charge on any atom is 0.309 e. The zero-order chi connectivity index (χ0) is 18.3. The minimum atomic E-state index is -0.884. The summed E-state index contributed by atoms with van der Waals surface area (Å²) < 4.78 is 10.9. The smallest absolute Gasteiger partial charge is 0.309 e. The van der Waals surface area contributed by atoms with Crippen LogP contribution < -0.4 is 14.8 Å². The van der Waals surface area contributed by atoms with Crippen molar-refractivity contribution in [3.63, 3.8) is 0 Å². The van der Waals surface area contributed by atoms with E-state index in [2.05, 4.69) is 5.32 Å². The number of amides is 1. The van der Waals surface area contributed by atoms with E-state index >= 15 is 0 Å². The molecule has 1 aromatic rings. The van der Waals surface area contributed by atoms with Crippen molar-refractivity contribution in [2.75, 3.05) is 20.3 Å². The van der Waals surface area contributed by atoms with Crippen LogP contribution in [0.15, 0.2) is 18.2 Å². The van der Waals surface area contributed by atoms with Gasteiger partial charge >= 0.3 is 5.97 Å². The van der Waals surface area contributed by atoms with Crippen LogP contribution in [-0.4, -0.2) is 37.2 Å². The fourth-order valence-electron chi connectivity index (χ4n) is 1.88. The van der Waals surface area contributed by atoms with Crippen molar-refractivity contribution < 1.29 is 24.2 Å². The quantitative estimate of drug-likeness (QED) is 0.723. The van der Waals surface area contributed by atoms with E-state index in [0.717, 1.165) is 0 Å². The molecule has 2 N–H and O–H groups in total. The second kappa shape index (κ2) is 8.57. The number of aliphatic carboxylic acids is 1. The Kier molecular flexibility index (Phi) is 7.07. The van der Waals surface area contributed by atoms with Crippen LogP contribution in [0.3, 0.4) is 0 Å². The molecule has 0 atom stereocenters. The molecule has 0 saturated carbocycles. The van der Waals surface area contributed by atoms with E-state index in [0.29, 0.717) is 36.0 Å². The molecule has 0 fully saturated rings. The Morgan fingerprint density at radius 2 is 1.92 bits per heavy atom. The highest BCUT2D eigenvalue weighted by Crippen LogP contribution is 2.28. The summed E-state index contributed by atoms with van der Waals surface area (Å²) in [6.07, 6.45) is 0.348. The average Bonchev–Trinajstić information content (AvgIpc) is 2.52. The highest BCUT2D eigenvalue weighted by atomic mass is 16.5. The van der Waals surface area contributed by atoms with Crippen molar-refractivity contribution in [1.29, 1.82) is 0 Å². The van der Waals surface area contributed by atoms with Crippen LogP contribution in [0.5, 0.6) is 11.5 Å². The number of carboxylic acids is 1. The number of hydrogen-bond acceptors (Lipinski definition) is 4. The Labute approximate surface area is 143 Å². The molecule has 1 amide bonds. The van der Waals surface area contributed by atoms with Gasteiger partial charge in [0.15, 0.2) is 11.5 Å². The summed E-state index contributed by atoms with van der Waals surface area (Å²) in [6.45, 7) is 8.20. The maximum absolute atomic E-state index is 12.2. The molecule has 0 aromatic heterocycles. The summed E-state index contributed by atoms with van der Waals surface area (Å²) in [5.41, 5.74) is -0.434. The lowest BCUT2D eigenvalue weighted by Crippen LogP contribution is -2.31. The van der Waals surface area contributed by atoms with Crippen LogP contribution in [-0.2, 0) is 4.79 Å². The molecule has 0 unspecified atom stereocenters. The first kappa shape index (κ1) is 19.8. The van der Waals surface area contributed by atoms with Crippen LogP contribution >= 0.6 is 0 Å². The molecule has 1 rings (SSSR count). The normalized spacial score (nSPS) is 11.2. The third kappa shape index (κ3) is 5.76. The summed E-state index contributed by atoms with van der Waals surface area (Å²) >= 11 is 0. The van der Waals surface area contributed by atoms with Gasteiger partial charge in [-0.05, 0) is 44.4 Å². The summed E-state index contributed by atoms with van der Waals surface area (Å²) in [5, 5.41) is 11.8. The van der Waals surface area contributed by atoms with Gasteiger partial charge in [-0.25, -0.2) is 0 Å². The lowest BCUT2D eigenvalue weighted by Gasteiger charge is -2.19. The van der Waals surface area contributed by atoms with Gasteiger partial charge in [0.25, 0.3) is 5.91 Å². The fraction of sp³-hybridized carbons (Fsp3) is 0.556. The van der Waals surface area contributed by atoms with Gasteiger partial charge in [0.05, 0.1) is 19.1 Å². The minimum absolute atomic E-state index is 0.273. The first-order valence-electron chi connectivity index (χ1n) is 8.00. The maximum atomic E-state index is 12.2. The number of benzene rings is 1. The molecular weight excluding hydrogens is 310 g/mol. The van der Waals surface area contributed by atoms with Crippen LogP contribution in [0, 0.1) is 11.3 Å². The summed E-state index contributed by atoms with van der Waals surface area (Å²) in [7, 11) is 1.52. The molecule has 1 aromatic carbocycles. The predicted octanol–water partition coefficient (Wildman–Crippen LogP) is 2.96. The average molecular weight is 337 g/mol. The van der Waals surface area contributed by atoms with Gasteiger partial charge in [0, 0.05) is 12.1 Å². The third-order valence-corrected chi connectivity index (χ3v) is 3.61. The van der Waals surface area contributed by atoms with Crippen LogP contribution in [0.4, 0.5) is 0 Å². The number of hydrogen-bond donors (Lipinski definition) is 2.